The van der Waals surface area contributed by atoms with Gasteiger partial charge in [-0.25, -0.2) is 4.79 Å². The van der Waals surface area contributed by atoms with Crippen LogP contribution in [0.3, 0.4) is 0 Å². The van der Waals surface area contributed by atoms with Crippen LogP contribution in [0.25, 0.3) is 0 Å². The molecule has 0 fully saturated rings. The molecule has 0 heterocycles. The third kappa shape index (κ3) is 4.51. The first-order valence-corrected chi connectivity index (χ1v) is 5.43. The molecule has 0 radical (unpaired) electrons. The summed E-state index contributed by atoms with van der Waals surface area (Å²) in [6.07, 6.45) is 0.543. The highest BCUT2D eigenvalue weighted by Crippen LogP contribution is 2.23. The predicted octanol–water partition coefficient (Wildman–Crippen LogP) is 1.80. The largest absolute Gasteiger partial charge is 0.458 e. The molecular formula is C7H13O2P. The van der Waals surface area contributed by atoms with Crippen LogP contribution in [-0.4, -0.2) is 25.6 Å². The fourth-order valence-electron chi connectivity index (χ4n) is 0.311. The lowest BCUT2D eigenvalue weighted by atomic mass is 10.4. The van der Waals surface area contributed by atoms with Gasteiger partial charge < -0.3 is 4.74 Å². The summed E-state index contributed by atoms with van der Waals surface area (Å²) in [5, 5.41) is 0. The Balaban J connectivity index is 3.50. The van der Waals surface area contributed by atoms with Crippen LogP contribution in [-0.2, 0) is 9.53 Å². The second-order valence-corrected chi connectivity index (χ2v) is 4.84. The van der Waals surface area contributed by atoms with Gasteiger partial charge in [0.1, 0.15) is 6.35 Å². The van der Waals surface area contributed by atoms with Crippen LogP contribution >= 0.6 is 7.92 Å². The second kappa shape index (κ2) is 4.45. The average molecular weight is 160 g/mol. The number of carbonyl (C=O) groups is 1. The molecule has 0 rings (SSSR count). The highest BCUT2D eigenvalue weighted by Gasteiger charge is 2.02. The zero-order valence-corrected chi connectivity index (χ0v) is 7.57. The van der Waals surface area contributed by atoms with Gasteiger partial charge in [0, 0.05) is 5.57 Å². The minimum Gasteiger partial charge on any atom is -0.458 e. The Morgan fingerprint density at radius 3 is 2.40 bits per heavy atom. The first kappa shape index (κ1) is 9.64. The summed E-state index contributed by atoms with van der Waals surface area (Å²) in [7, 11) is -0.142. The van der Waals surface area contributed by atoms with E-state index in [0.717, 1.165) is 0 Å². The second-order valence-electron chi connectivity index (χ2n) is 2.42. The predicted molar refractivity (Wildman–Crippen MR) is 44.5 cm³/mol. The molecule has 0 unspecified atom stereocenters. The number of carbonyl (C=O) groups excluding carboxylic acids is 1. The van der Waals surface area contributed by atoms with Crippen molar-refractivity contribution in [1.29, 1.82) is 0 Å². The van der Waals surface area contributed by atoms with Gasteiger partial charge in [0.05, 0.1) is 0 Å². The lowest BCUT2D eigenvalue weighted by molar-refractivity contribution is -0.136. The minimum atomic E-state index is -0.281. The van der Waals surface area contributed by atoms with Gasteiger partial charge in [-0.2, -0.15) is 0 Å². The molecule has 2 nitrogen and oxygen atoms in total. The molecule has 0 aromatic rings. The van der Waals surface area contributed by atoms with Crippen LogP contribution in [0.2, 0.25) is 0 Å². The molecule has 3 heteroatoms. The Morgan fingerprint density at radius 1 is 1.60 bits per heavy atom. The molecule has 0 aliphatic rings. The summed E-state index contributed by atoms with van der Waals surface area (Å²) in [6, 6.07) is 0. The molecule has 0 aromatic heterocycles. The number of hydrogen-bond donors (Lipinski definition) is 0. The van der Waals surface area contributed by atoms with E-state index in [0.29, 0.717) is 11.9 Å². The highest BCUT2D eigenvalue weighted by atomic mass is 31.1. The Labute approximate surface area is 63.0 Å². The van der Waals surface area contributed by atoms with Crippen LogP contribution in [0, 0.1) is 0 Å². The van der Waals surface area contributed by atoms with Gasteiger partial charge in [-0.15, -0.1) is 0 Å². The zero-order valence-electron chi connectivity index (χ0n) is 6.68. The standard InChI is InChI=1S/C7H13O2P/c1-6(2)7(8)9-5-10(3)4/h1,5H2,2-4H3. The zero-order chi connectivity index (χ0) is 8.15. The van der Waals surface area contributed by atoms with Crippen molar-refractivity contribution in [2.75, 3.05) is 19.7 Å². The molecule has 0 aromatic carbocycles. The Morgan fingerprint density at radius 2 is 2.10 bits per heavy atom. The van der Waals surface area contributed by atoms with Crippen LogP contribution in [0.5, 0.6) is 0 Å². The number of esters is 1. The van der Waals surface area contributed by atoms with Crippen LogP contribution in [0.4, 0.5) is 0 Å². The third-order valence-corrected chi connectivity index (χ3v) is 1.45. The van der Waals surface area contributed by atoms with Crippen molar-refractivity contribution in [3.05, 3.63) is 12.2 Å². The fourth-order valence-corrected chi connectivity index (χ4v) is 0.686. The summed E-state index contributed by atoms with van der Waals surface area (Å²) in [5.41, 5.74) is 0.469. The van der Waals surface area contributed by atoms with E-state index in [2.05, 4.69) is 19.9 Å². The van der Waals surface area contributed by atoms with Crippen LogP contribution in [0.1, 0.15) is 6.92 Å². The van der Waals surface area contributed by atoms with Gasteiger partial charge in [0.2, 0.25) is 0 Å². The lowest BCUT2D eigenvalue weighted by Gasteiger charge is -2.06. The van der Waals surface area contributed by atoms with E-state index in [-0.39, 0.29) is 13.9 Å². The maximum atomic E-state index is 10.7. The molecule has 0 atom stereocenters. The molecule has 0 saturated carbocycles. The molecule has 0 aliphatic carbocycles. The third-order valence-electron chi connectivity index (χ3n) is 0.802. The number of hydrogen-bond acceptors (Lipinski definition) is 2. The number of ether oxygens (including phenoxy) is 1. The fraction of sp³-hybridized carbons (Fsp3) is 0.571. The van der Waals surface area contributed by atoms with E-state index >= 15 is 0 Å². The van der Waals surface area contributed by atoms with E-state index < -0.39 is 0 Å². The van der Waals surface area contributed by atoms with Gasteiger partial charge in [0.15, 0.2) is 0 Å². The minimum absolute atomic E-state index is 0.142. The molecule has 0 aliphatic heterocycles. The molecule has 0 amide bonds. The number of rotatable bonds is 3. The maximum absolute atomic E-state index is 10.7. The van der Waals surface area contributed by atoms with Gasteiger partial charge in [-0.1, -0.05) is 14.5 Å². The Kier molecular flexibility index (Phi) is 4.29. The van der Waals surface area contributed by atoms with E-state index in [1.165, 1.54) is 0 Å². The van der Waals surface area contributed by atoms with Crippen molar-refractivity contribution >= 4 is 13.9 Å². The topological polar surface area (TPSA) is 26.3 Å². The summed E-state index contributed by atoms with van der Waals surface area (Å²) < 4.78 is 4.86. The maximum Gasteiger partial charge on any atom is 0.333 e. The molecule has 0 saturated heterocycles. The van der Waals surface area contributed by atoms with Crippen molar-refractivity contribution in [2.45, 2.75) is 6.92 Å². The van der Waals surface area contributed by atoms with Gasteiger partial charge in [-0.3, -0.25) is 0 Å². The monoisotopic (exact) mass is 160 g/mol. The Bertz CT molecular complexity index is 141. The van der Waals surface area contributed by atoms with Crippen LogP contribution in [0.15, 0.2) is 12.2 Å². The molecule has 0 spiro atoms. The van der Waals surface area contributed by atoms with Crippen molar-refractivity contribution < 1.29 is 9.53 Å². The summed E-state index contributed by atoms with van der Waals surface area (Å²) in [5.74, 6) is -0.281. The smallest absolute Gasteiger partial charge is 0.333 e. The van der Waals surface area contributed by atoms with Gasteiger partial charge >= 0.3 is 5.97 Å². The summed E-state index contributed by atoms with van der Waals surface area (Å²) in [6.45, 7) is 9.23. The summed E-state index contributed by atoms with van der Waals surface area (Å²) in [4.78, 5) is 10.7. The Hall–Kier alpha value is -0.360. The molecular weight excluding hydrogens is 147 g/mol. The van der Waals surface area contributed by atoms with Crippen molar-refractivity contribution in [1.82, 2.24) is 0 Å². The molecule has 0 bridgehead atoms. The molecule has 58 valence electrons. The average Bonchev–Trinajstić information content (AvgIpc) is 1.82. The lowest BCUT2D eigenvalue weighted by Crippen LogP contribution is -2.04. The van der Waals surface area contributed by atoms with Crippen molar-refractivity contribution in [3.8, 4) is 0 Å². The molecule has 0 N–H and O–H groups in total. The van der Waals surface area contributed by atoms with Gasteiger partial charge in [-0.05, 0) is 20.3 Å². The quantitative estimate of drug-likeness (QED) is 0.357. The summed E-state index contributed by atoms with van der Waals surface area (Å²) >= 11 is 0. The van der Waals surface area contributed by atoms with E-state index in [9.17, 15) is 4.79 Å². The first-order valence-electron chi connectivity index (χ1n) is 3.01. The van der Waals surface area contributed by atoms with E-state index in [1.54, 1.807) is 6.92 Å². The van der Waals surface area contributed by atoms with Crippen molar-refractivity contribution in [2.24, 2.45) is 0 Å². The van der Waals surface area contributed by atoms with E-state index in [4.69, 9.17) is 4.74 Å². The molecule has 10 heavy (non-hydrogen) atoms. The van der Waals surface area contributed by atoms with Gasteiger partial charge in [0.25, 0.3) is 0 Å². The normalized spacial score (nSPS) is 9.60. The van der Waals surface area contributed by atoms with E-state index in [1.807, 2.05) is 0 Å². The first-order chi connectivity index (χ1) is 4.54. The highest BCUT2D eigenvalue weighted by molar-refractivity contribution is 7.55. The SMILES string of the molecule is C=C(C)C(=O)OCP(C)C. The van der Waals surface area contributed by atoms with Crippen LogP contribution < -0.4 is 0 Å². The van der Waals surface area contributed by atoms with Crippen molar-refractivity contribution in [3.63, 3.8) is 0 Å².